The Balaban J connectivity index is 0.000000171. The van der Waals surface area contributed by atoms with Crippen LogP contribution in [0.3, 0.4) is 0 Å². The van der Waals surface area contributed by atoms with Crippen LogP contribution in [0.1, 0.15) is 31.8 Å². The first-order chi connectivity index (χ1) is 14.5. The van der Waals surface area contributed by atoms with Gasteiger partial charge in [-0.05, 0) is 36.4 Å². The molecule has 4 heteroatoms. The second-order valence-corrected chi connectivity index (χ2v) is 6.49. The van der Waals surface area contributed by atoms with Gasteiger partial charge in [0.15, 0.2) is 11.6 Å². The monoisotopic (exact) mass is 396 g/mol. The number of phenols is 2. The maximum atomic E-state index is 11.9. The molecule has 2 N–H and O–H groups in total. The highest BCUT2D eigenvalue weighted by Gasteiger charge is 2.08. The number of carbonyl (C=O) groups is 2. The topological polar surface area (TPSA) is 74.6 Å². The average molecular weight is 396 g/mol. The van der Waals surface area contributed by atoms with Gasteiger partial charge in [-0.2, -0.15) is 0 Å². The van der Waals surface area contributed by atoms with Crippen LogP contribution >= 0.6 is 0 Å². The number of phenolic OH excluding ortho intramolecular Hbond substituents is 2. The molecule has 0 fully saturated rings. The summed E-state index contributed by atoms with van der Waals surface area (Å²) in [6.45, 7) is 0. The van der Waals surface area contributed by atoms with E-state index in [0.29, 0.717) is 22.3 Å². The van der Waals surface area contributed by atoms with E-state index in [1.54, 1.807) is 54.6 Å². The van der Waals surface area contributed by atoms with Crippen molar-refractivity contribution in [3.8, 4) is 11.5 Å². The van der Waals surface area contributed by atoms with Gasteiger partial charge in [-0.1, -0.05) is 72.8 Å². The Morgan fingerprint density at radius 2 is 0.867 bits per heavy atom. The molecule has 0 aliphatic carbocycles. The maximum Gasteiger partial charge on any atom is 0.193 e. The van der Waals surface area contributed by atoms with Gasteiger partial charge in [0.1, 0.15) is 11.5 Å². The summed E-state index contributed by atoms with van der Waals surface area (Å²) in [7, 11) is 0. The Kier molecular flexibility index (Phi) is 6.74. The third-order valence-electron chi connectivity index (χ3n) is 4.31. The largest absolute Gasteiger partial charge is 0.508 e. The molecule has 0 aromatic heterocycles. The fourth-order valence-electron chi connectivity index (χ4n) is 2.77. The molecular weight excluding hydrogens is 376 g/mol. The van der Waals surface area contributed by atoms with Gasteiger partial charge >= 0.3 is 0 Å². The zero-order valence-corrected chi connectivity index (χ0v) is 16.1. The van der Waals surface area contributed by atoms with E-state index in [1.165, 1.54) is 18.2 Å². The first-order valence-electron chi connectivity index (χ1n) is 9.32. The molecule has 0 radical (unpaired) electrons. The molecule has 4 nitrogen and oxygen atoms in total. The number of carbonyl (C=O) groups excluding carboxylic acids is 2. The van der Waals surface area contributed by atoms with Gasteiger partial charge in [0.25, 0.3) is 0 Å². The van der Waals surface area contributed by atoms with Gasteiger partial charge in [-0.3, -0.25) is 9.59 Å². The van der Waals surface area contributed by atoms with Crippen molar-refractivity contribution in [2.45, 2.75) is 0 Å². The Labute approximate surface area is 174 Å². The van der Waals surface area contributed by atoms with E-state index in [9.17, 15) is 14.7 Å². The molecule has 4 rings (SSSR count). The van der Waals surface area contributed by atoms with Crippen LogP contribution in [-0.2, 0) is 0 Å². The average Bonchev–Trinajstić information content (AvgIpc) is 2.80. The van der Waals surface area contributed by atoms with Crippen molar-refractivity contribution in [2.75, 3.05) is 0 Å². The first kappa shape index (κ1) is 20.6. The van der Waals surface area contributed by atoms with E-state index in [-0.39, 0.29) is 23.1 Å². The molecule has 0 bridgehead atoms. The summed E-state index contributed by atoms with van der Waals surface area (Å²) in [5, 5.41) is 18.4. The van der Waals surface area contributed by atoms with Gasteiger partial charge in [0.05, 0.1) is 0 Å². The zero-order valence-electron chi connectivity index (χ0n) is 16.1. The van der Waals surface area contributed by atoms with Crippen LogP contribution in [0, 0.1) is 0 Å². The fourth-order valence-corrected chi connectivity index (χ4v) is 2.77. The van der Waals surface area contributed by atoms with Crippen molar-refractivity contribution in [1.82, 2.24) is 0 Å². The van der Waals surface area contributed by atoms with Crippen LogP contribution in [0.4, 0.5) is 0 Å². The van der Waals surface area contributed by atoms with Gasteiger partial charge in [-0.25, -0.2) is 0 Å². The standard InChI is InChI=1S/2C13H10O2/c14-12-8-4-7-11(9-12)13(15)10-5-2-1-3-6-10;14-12-8-6-11(7-9-12)13(15)10-4-2-1-3-5-10/h2*1-9,14H. The predicted molar refractivity (Wildman–Crippen MR) is 116 cm³/mol. The van der Waals surface area contributed by atoms with E-state index in [2.05, 4.69) is 0 Å². The number of ketones is 2. The number of hydrogen-bond donors (Lipinski definition) is 2. The highest BCUT2D eigenvalue weighted by atomic mass is 16.3. The lowest BCUT2D eigenvalue weighted by Crippen LogP contribution is -2.00. The second-order valence-electron chi connectivity index (χ2n) is 6.49. The molecule has 4 aromatic carbocycles. The summed E-state index contributed by atoms with van der Waals surface area (Å²) in [5.41, 5.74) is 2.37. The number of hydrogen-bond acceptors (Lipinski definition) is 4. The van der Waals surface area contributed by atoms with Gasteiger partial charge in [0, 0.05) is 22.3 Å². The molecule has 148 valence electrons. The minimum atomic E-state index is -0.0773. The molecular formula is C26H20O4. The lowest BCUT2D eigenvalue weighted by Gasteiger charge is -2.00. The van der Waals surface area contributed by atoms with Crippen LogP contribution < -0.4 is 0 Å². The summed E-state index contributed by atoms with van der Waals surface area (Å²) in [5.74, 6) is 0.165. The highest BCUT2D eigenvalue weighted by molar-refractivity contribution is 6.09. The van der Waals surface area contributed by atoms with E-state index >= 15 is 0 Å². The Morgan fingerprint density at radius 1 is 0.433 bits per heavy atom. The van der Waals surface area contributed by atoms with Crippen LogP contribution in [0.25, 0.3) is 0 Å². The third-order valence-corrected chi connectivity index (χ3v) is 4.31. The second kappa shape index (κ2) is 9.85. The van der Waals surface area contributed by atoms with Crippen molar-refractivity contribution >= 4 is 11.6 Å². The smallest absolute Gasteiger partial charge is 0.193 e. The Hall–Kier alpha value is -4.18. The predicted octanol–water partition coefficient (Wildman–Crippen LogP) is 5.25. The van der Waals surface area contributed by atoms with Crippen LogP contribution in [0.2, 0.25) is 0 Å². The van der Waals surface area contributed by atoms with Gasteiger partial charge in [-0.15, -0.1) is 0 Å². The Bertz CT molecular complexity index is 1120. The molecule has 30 heavy (non-hydrogen) atoms. The normalized spacial score (nSPS) is 9.87. The molecule has 0 aliphatic heterocycles. The van der Waals surface area contributed by atoms with E-state index in [0.717, 1.165) is 0 Å². The van der Waals surface area contributed by atoms with E-state index in [1.807, 2.05) is 36.4 Å². The molecule has 0 heterocycles. The van der Waals surface area contributed by atoms with Gasteiger partial charge < -0.3 is 10.2 Å². The molecule has 0 spiro atoms. The first-order valence-corrected chi connectivity index (χ1v) is 9.32. The SMILES string of the molecule is O=C(c1ccccc1)c1ccc(O)cc1.O=C(c1ccccc1)c1cccc(O)c1. The van der Waals surface area contributed by atoms with Crippen LogP contribution in [0.15, 0.2) is 109 Å². The third kappa shape index (κ3) is 5.42. The minimum absolute atomic E-state index is 0.0319. The number of rotatable bonds is 4. The number of aromatic hydroxyl groups is 2. The van der Waals surface area contributed by atoms with Crippen molar-refractivity contribution in [3.63, 3.8) is 0 Å². The van der Waals surface area contributed by atoms with Crippen LogP contribution in [0.5, 0.6) is 11.5 Å². The van der Waals surface area contributed by atoms with E-state index < -0.39 is 0 Å². The van der Waals surface area contributed by atoms with Crippen molar-refractivity contribution in [3.05, 3.63) is 131 Å². The molecule has 0 atom stereocenters. The summed E-state index contributed by atoms with van der Waals surface area (Å²) in [4.78, 5) is 23.8. The molecule has 0 aliphatic rings. The van der Waals surface area contributed by atoms with E-state index in [4.69, 9.17) is 5.11 Å². The van der Waals surface area contributed by atoms with Crippen molar-refractivity contribution in [1.29, 1.82) is 0 Å². The molecule has 0 saturated carbocycles. The van der Waals surface area contributed by atoms with Crippen LogP contribution in [-0.4, -0.2) is 21.8 Å². The molecule has 0 unspecified atom stereocenters. The molecule has 0 saturated heterocycles. The van der Waals surface area contributed by atoms with Crippen molar-refractivity contribution in [2.24, 2.45) is 0 Å². The zero-order chi connectivity index (χ0) is 21.3. The van der Waals surface area contributed by atoms with Crippen molar-refractivity contribution < 1.29 is 19.8 Å². The molecule has 4 aromatic rings. The summed E-state index contributed by atoms with van der Waals surface area (Å²) in [6.07, 6.45) is 0. The minimum Gasteiger partial charge on any atom is -0.508 e. The molecule has 0 amide bonds. The number of benzene rings is 4. The quantitative estimate of drug-likeness (QED) is 0.462. The Morgan fingerprint density at radius 3 is 1.37 bits per heavy atom. The summed E-state index contributed by atoms with van der Waals surface area (Å²) in [6, 6.07) is 30.7. The van der Waals surface area contributed by atoms with Gasteiger partial charge in [0.2, 0.25) is 0 Å². The lowest BCUT2D eigenvalue weighted by atomic mass is 10.0. The highest BCUT2D eigenvalue weighted by Crippen LogP contribution is 2.15. The fraction of sp³-hybridized carbons (Fsp3) is 0. The lowest BCUT2D eigenvalue weighted by molar-refractivity contribution is 0.103. The maximum absolute atomic E-state index is 11.9. The summed E-state index contributed by atoms with van der Waals surface area (Å²) >= 11 is 0. The summed E-state index contributed by atoms with van der Waals surface area (Å²) < 4.78 is 0.